The molecule has 0 bridgehead atoms. The van der Waals surface area contributed by atoms with Gasteiger partial charge in [-0.1, -0.05) is 6.92 Å². The monoisotopic (exact) mass is 234 g/mol. The lowest BCUT2D eigenvalue weighted by molar-refractivity contribution is 0.259. The highest BCUT2D eigenvalue weighted by atomic mass is 32.2. The second-order valence-electron chi connectivity index (χ2n) is 4.16. The number of rotatable bonds is 6. The lowest BCUT2D eigenvalue weighted by Gasteiger charge is -2.22. The fourth-order valence-corrected chi connectivity index (χ4v) is 2.95. The van der Waals surface area contributed by atoms with Crippen LogP contribution in [0.4, 0.5) is 0 Å². The van der Waals surface area contributed by atoms with Crippen molar-refractivity contribution in [3.05, 3.63) is 0 Å². The van der Waals surface area contributed by atoms with Gasteiger partial charge >= 0.3 is 0 Å². The number of nitrogens with two attached hydrogens (primary N) is 1. The normalized spacial score (nSPS) is 23.5. The zero-order valence-electron chi connectivity index (χ0n) is 9.48. The van der Waals surface area contributed by atoms with E-state index in [4.69, 9.17) is 5.73 Å². The Balaban J connectivity index is 2.25. The predicted molar refractivity (Wildman–Crippen MR) is 62.6 cm³/mol. The maximum atomic E-state index is 11.3. The molecule has 1 atom stereocenters. The van der Waals surface area contributed by atoms with Gasteiger partial charge < -0.3 is 5.73 Å². The first-order chi connectivity index (χ1) is 7.09. The quantitative estimate of drug-likeness (QED) is 0.715. The molecule has 1 rings (SSSR count). The van der Waals surface area contributed by atoms with Crippen molar-refractivity contribution >= 4 is 9.84 Å². The molecule has 1 saturated heterocycles. The molecule has 2 N–H and O–H groups in total. The summed E-state index contributed by atoms with van der Waals surface area (Å²) in [6, 6.07) is 0.481. The molecule has 0 spiro atoms. The van der Waals surface area contributed by atoms with Crippen LogP contribution >= 0.6 is 0 Å². The van der Waals surface area contributed by atoms with Crippen molar-refractivity contribution in [1.82, 2.24) is 4.90 Å². The molecule has 1 aliphatic rings. The first-order valence-corrected chi connectivity index (χ1v) is 7.55. The molecule has 15 heavy (non-hydrogen) atoms. The van der Waals surface area contributed by atoms with E-state index in [0.29, 0.717) is 18.3 Å². The summed E-state index contributed by atoms with van der Waals surface area (Å²) >= 11 is 0. The van der Waals surface area contributed by atoms with E-state index < -0.39 is 9.84 Å². The second-order valence-corrected chi connectivity index (χ2v) is 6.63. The molecular formula is C10H22N2O2S. The maximum absolute atomic E-state index is 11.3. The third-order valence-electron chi connectivity index (χ3n) is 3.11. The molecule has 0 aliphatic carbocycles. The van der Waals surface area contributed by atoms with E-state index in [9.17, 15) is 8.42 Å². The summed E-state index contributed by atoms with van der Waals surface area (Å²) in [5, 5.41) is 0. The molecule has 0 aromatic carbocycles. The first kappa shape index (κ1) is 12.9. The van der Waals surface area contributed by atoms with Gasteiger partial charge in [0.25, 0.3) is 0 Å². The molecule has 90 valence electrons. The minimum atomic E-state index is -2.79. The third kappa shape index (κ3) is 4.09. The average molecular weight is 234 g/mol. The Labute approximate surface area is 92.7 Å². The maximum Gasteiger partial charge on any atom is 0.150 e. The van der Waals surface area contributed by atoms with Crippen LogP contribution in [-0.2, 0) is 9.84 Å². The van der Waals surface area contributed by atoms with Gasteiger partial charge in [-0.15, -0.1) is 0 Å². The van der Waals surface area contributed by atoms with Crippen LogP contribution in [0.3, 0.4) is 0 Å². The molecule has 5 heteroatoms. The zero-order valence-corrected chi connectivity index (χ0v) is 10.3. The van der Waals surface area contributed by atoms with Gasteiger partial charge in [-0.3, -0.25) is 4.90 Å². The topological polar surface area (TPSA) is 63.4 Å². The highest BCUT2D eigenvalue weighted by Crippen LogP contribution is 2.16. The largest absolute Gasteiger partial charge is 0.329 e. The van der Waals surface area contributed by atoms with Crippen molar-refractivity contribution in [3.8, 4) is 0 Å². The smallest absolute Gasteiger partial charge is 0.150 e. The Morgan fingerprint density at radius 3 is 2.80 bits per heavy atom. The molecule has 0 radical (unpaired) electrons. The van der Waals surface area contributed by atoms with Gasteiger partial charge in [0, 0.05) is 18.3 Å². The van der Waals surface area contributed by atoms with Crippen molar-refractivity contribution in [2.45, 2.75) is 32.2 Å². The number of sulfone groups is 1. The predicted octanol–water partition coefficient (Wildman–Crippen LogP) is 0.234. The SMILES string of the molecule is CCS(=O)(=O)CCCN1CCCC1CN. The fourth-order valence-electron chi connectivity index (χ4n) is 2.09. The van der Waals surface area contributed by atoms with Gasteiger partial charge in [0.05, 0.1) is 5.75 Å². The minimum absolute atomic E-state index is 0.257. The summed E-state index contributed by atoms with van der Waals surface area (Å²) in [4.78, 5) is 2.32. The van der Waals surface area contributed by atoms with Gasteiger partial charge in [0.1, 0.15) is 9.84 Å². The van der Waals surface area contributed by atoms with Crippen molar-refractivity contribution in [2.75, 3.05) is 31.1 Å². The zero-order chi connectivity index (χ0) is 11.3. The van der Waals surface area contributed by atoms with Crippen LogP contribution in [-0.4, -0.2) is 50.5 Å². The van der Waals surface area contributed by atoms with E-state index in [0.717, 1.165) is 25.9 Å². The molecule has 0 aromatic heterocycles. The Bertz CT molecular complexity index is 277. The standard InChI is InChI=1S/C10H22N2O2S/c1-2-15(13,14)8-4-7-12-6-3-5-10(12)9-11/h10H,2-9,11H2,1H3. The first-order valence-electron chi connectivity index (χ1n) is 5.73. The van der Waals surface area contributed by atoms with E-state index in [1.807, 2.05) is 0 Å². The molecule has 1 heterocycles. The van der Waals surface area contributed by atoms with Crippen LogP contribution in [0.1, 0.15) is 26.2 Å². The van der Waals surface area contributed by atoms with Gasteiger partial charge in [0.2, 0.25) is 0 Å². The molecule has 0 aromatic rings. The lowest BCUT2D eigenvalue weighted by atomic mass is 10.2. The summed E-state index contributed by atoms with van der Waals surface area (Å²) < 4.78 is 22.6. The third-order valence-corrected chi connectivity index (χ3v) is 4.90. The Kier molecular flexibility index (Phi) is 5.02. The van der Waals surface area contributed by atoms with E-state index in [1.54, 1.807) is 6.92 Å². The number of nitrogens with zero attached hydrogens (tertiary/aromatic N) is 1. The Morgan fingerprint density at radius 1 is 1.47 bits per heavy atom. The lowest BCUT2D eigenvalue weighted by Crippen LogP contribution is -2.36. The highest BCUT2D eigenvalue weighted by Gasteiger charge is 2.22. The van der Waals surface area contributed by atoms with Crippen LogP contribution < -0.4 is 5.73 Å². The number of likely N-dealkylation sites (tertiary alicyclic amines) is 1. The van der Waals surface area contributed by atoms with E-state index in [1.165, 1.54) is 6.42 Å². The second kappa shape index (κ2) is 5.82. The van der Waals surface area contributed by atoms with Gasteiger partial charge in [-0.25, -0.2) is 8.42 Å². The minimum Gasteiger partial charge on any atom is -0.329 e. The summed E-state index contributed by atoms with van der Waals surface area (Å²) in [6.07, 6.45) is 3.10. The van der Waals surface area contributed by atoms with Crippen LogP contribution in [0.2, 0.25) is 0 Å². The molecule has 0 amide bonds. The average Bonchev–Trinajstić information content (AvgIpc) is 2.65. The van der Waals surface area contributed by atoms with Crippen LogP contribution in [0.15, 0.2) is 0 Å². The summed E-state index contributed by atoms with van der Waals surface area (Å²) in [5.74, 6) is 0.574. The van der Waals surface area contributed by atoms with Gasteiger partial charge in [-0.05, 0) is 32.4 Å². The molecule has 1 fully saturated rings. The molecule has 4 nitrogen and oxygen atoms in total. The van der Waals surface area contributed by atoms with Crippen LogP contribution in [0, 0.1) is 0 Å². The Hall–Kier alpha value is -0.130. The Morgan fingerprint density at radius 2 is 2.20 bits per heavy atom. The number of hydrogen-bond acceptors (Lipinski definition) is 4. The summed E-state index contributed by atoms with van der Waals surface area (Å²) in [6.45, 7) is 4.35. The molecule has 1 unspecified atom stereocenters. The molecule has 1 aliphatic heterocycles. The van der Waals surface area contributed by atoms with Crippen molar-refractivity contribution in [3.63, 3.8) is 0 Å². The van der Waals surface area contributed by atoms with Crippen LogP contribution in [0.25, 0.3) is 0 Å². The summed E-state index contributed by atoms with van der Waals surface area (Å²) in [7, 11) is -2.79. The fraction of sp³-hybridized carbons (Fsp3) is 1.00. The van der Waals surface area contributed by atoms with Gasteiger partial charge in [-0.2, -0.15) is 0 Å². The number of hydrogen-bond donors (Lipinski definition) is 1. The van der Waals surface area contributed by atoms with Crippen LogP contribution in [0.5, 0.6) is 0 Å². The van der Waals surface area contributed by atoms with E-state index in [-0.39, 0.29) is 5.75 Å². The van der Waals surface area contributed by atoms with Gasteiger partial charge in [0.15, 0.2) is 0 Å². The highest BCUT2D eigenvalue weighted by molar-refractivity contribution is 7.91. The van der Waals surface area contributed by atoms with E-state index in [2.05, 4.69) is 4.90 Å². The molecular weight excluding hydrogens is 212 g/mol. The van der Waals surface area contributed by atoms with Crippen molar-refractivity contribution in [2.24, 2.45) is 5.73 Å². The van der Waals surface area contributed by atoms with Crippen molar-refractivity contribution in [1.29, 1.82) is 0 Å². The van der Waals surface area contributed by atoms with E-state index >= 15 is 0 Å². The molecule has 0 saturated carbocycles. The van der Waals surface area contributed by atoms with Crippen molar-refractivity contribution < 1.29 is 8.42 Å². The summed E-state index contributed by atoms with van der Waals surface area (Å²) in [5.41, 5.74) is 5.65.